The lowest BCUT2D eigenvalue weighted by Gasteiger charge is -2.15. The highest BCUT2D eigenvalue weighted by molar-refractivity contribution is 5.81. The molecule has 0 atom stereocenters. The highest BCUT2D eigenvalue weighted by Crippen LogP contribution is 2.22. The molecular formula is C17H15NO2. The first-order chi connectivity index (χ1) is 9.76. The number of hydrogen-bond acceptors (Lipinski definition) is 2. The van der Waals surface area contributed by atoms with Gasteiger partial charge in [0.2, 0.25) is 5.91 Å². The fraction of sp³-hybridized carbons (Fsp3) is 0.176. The summed E-state index contributed by atoms with van der Waals surface area (Å²) >= 11 is 0. The lowest BCUT2D eigenvalue weighted by atomic mass is 10.1. The monoisotopic (exact) mass is 265 g/mol. The quantitative estimate of drug-likeness (QED) is 0.800. The van der Waals surface area contributed by atoms with Crippen LogP contribution in [0.5, 0.6) is 0 Å². The highest BCUT2D eigenvalue weighted by Gasteiger charge is 2.22. The van der Waals surface area contributed by atoms with Gasteiger partial charge in [-0.15, -0.1) is 0 Å². The van der Waals surface area contributed by atoms with Gasteiger partial charge < -0.3 is 4.90 Å². The molecule has 0 N–H and O–H groups in total. The Morgan fingerprint density at radius 1 is 1.05 bits per heavy atom. The third-order valence-electron chi connectivity index (χ3n) is 3.64. The summed E-state index contributed by atoms with van der Waals surface area (Å²) in [6.07, 6.45) is 1.15. The van der Waals surface area contributed by atoms with Crippen molar-refractivity contribution in [2.24, 2.45) is 0 Å². The van der Waals surface area contributed by atoms with Crippen molar-refractivity contribution in [3.05, 3.63) is 70.8 Å². The second-order valence-corrected chi connectivity index (χ2v) is 5.06. The molecule has 1 aliphatic heterocycles. The molecule has 3 rings (SSSR count). The Balaban J connectivity index is 1.70. The van der Waals surface area contributed by atoms with E-state index in [9.17, 15) is 9.59 Å². The number of carbonyl (C=O) groups excluding carboxylic acids is 2. The molecule has 2 aromatic rings. The number of amides is 1. The molecule has 0 saturated carbocycles. The molecule has 0 radical (unpaired) electrons. The molecule has 3 heteroatoms. The van der Waals surface area contributed by atoms with Gasteiger partial charge in [-0.1, -0.05) is 42.5 Å². The van der Waals surface area contributed by atoms with Gasteiger partial charge in [-0.25, -0.2) is 0 Å². The van der Waals surface area contributed by atoms with Crippen molar-refractivity contribution >= 4 is 12.2 Å². The van der Waals surface area contributed by atoms with E-state index in [0.29, 0.717) is 25.1 Å². The van der Waals surface area contributed by atoms with Crippen LogP contribution in [0.3, 0.4) is 0 Å². The van der Waals surface area contributed by atoms with Gasteiger partial charge in [0.25, 0.3) is 0 Å². The molecule has 0 saturated heterocycles. The van der Waals surface area contributed by atoms with Crippen LogP contribution in [-0.4, -0.2) is 17.1 Å². The largest absolute Gasteiger partial charge is 0.334 e. The third kappa shape index (κ3) is 2.48. The van der Waals surface area contributed by atoms with E-state index in [1.54, 1.807) is 12.1 Å². The first-order valence-electron chi connectivity index (χ1n) is 6.65. The van der Waals surface area contributed by atoms with Gasteiger partial charge in [-0.05, 0) is 22.8 Å². The fourth-order valence-corrected chi connectivity index (χ4v) is 2.57. The summed E-state index contributed by atoms with van der Waals surface area (Å²) in [5, 5.41) is 0. The lowest BCUT2D eigenvalue weighted by molar-refractivity contribution is -0.131. The third-order valence-corrected chi connectivity index (χ3v) is 3.64. The van der Waals surface area contributed by atoms with E-state index in [0.717, 1.165) is 11.8 Å². The Bertz CT molecular complexity index is 639. The van der Waals surface area contributed by atoms with Crippen molar-refractivity contribution in [3.63, 3.8) is 0 Å². The van der Waals surface area contributed by atoms with Crippen LogP contribution in [0.2, 0.25) is 0 Å². The van der Waals surface area contributed by atoms with E-state index in [-0.39, 0.29) is 5.91 Å². The van der Waals surface area contributed by atoms with Crippen LogP contribution in [0.4, 0.5) is 0 Å². The van der Waals surface area contributed by atoms with Gasteiger partial charge in [-0.3, -0.25) is 9.59 Å². The second kappa shape index (κ2) is 5.29. The van der Waals surface area contributed by atoms with Gasteiger partial charge in [0.1, 0.15) is 6.29 Å². The van der Waals surface area contributed by atoms with Gasteiger partial charge in [-0.2, -0.15) is 0 Å². The number of rotatable bonds is 3. The van der Waals surface area contributed by atoms with Crippen molar-refractivity contribution in [1.82, 2.24) is 4.90 Å². The van der Waals surface area contributed by atoms with Gasteiger partial charge in [0.15, 0.2) is 0 Å². The molecule has 0 fully saturated rings. The van der Waals surface area contributed by atoms with E-state index < -0.39 is 0 Å². The van der Waals surface area contributed by atoms with Crippen molar-refractivity contribution in [1.29, 1.82) is 0 Å². The first-order valence-corrected chi connectivity index (χ1v) is 6.65. The van der Waals surface area contributed by atoms with Crippen LogP contribution in [0.25, 0.3) is 0 Å². The summed E-state index contributed by atoms with van der Waals surface area (Å²) in [6, 6.07) is 15.3. The average molecular weight is 265 g/mol. The number of aldehydes is 1. The summed E-state index contributed by atoms with van der Waals surface area (Å²) in [7, 11) is 0. The molecule has 1 amide bonds. The molecule has 0 aliphatic carbocycles. The maximum absolute atomic E-state index is 12.3. The van der Waals surface area contributed by atoms with E-state index in [4.69, 9.17) is 0 Å². The molecule has 0 spiro atoms. The zero-order chi connectivity index (χ0) is 13.9. The molecule has 2 aromatic carbocycles. The summed E-state index contributed by atoms with van der Waals surface area (Å²) in [5.41, 5.74) is 3.94. The van der Waals surface area contributed by atoms with Crippen molar-refractivity contribution in [2.45, 2.75) is 19.5 Å². The smallest absolute Gasteiger partial charge is 0.227 e. The minimum Gasteiger partial charge on any atom is -0.334 e. The molecular weight excluding hydrogens is 250 g/mol. The molecule has 0 unspecified atom stereocenters. The number of benzene rings is 2. The summed E-state index contributed by atoms with van der Waals surface area (Å²) in [6.45, 7) is 1.37. The minimum atomic E-state index is 0.101. The number of nitrogens with zero attached hydrogens (tertiary/aromatic N) is 1. The van der Waals surface area contributed by atoms with Crippen LogP contribution < -0.4 is 0 Å². The molecule has 0 bridgehead atoms. The number of fused-ring (bicyclic) bond motifs is 1. The van der Waals surface area contributed by atoms with Gasteiger partial charge in [0.05, 0.1) is 6.42 Å². The van der Waals surface area contributed by atoms with E-state index in [1.165, 1.54) is 11.1 Å². The fourth-order valence-electron chi connectivity index (χ4n) is 2.57. The van der Waals surface area contributed by atoms with Crippen LogP contribution >= 0.6 is 0 Å². The van der Waals surface area contributed by atoms with Gasteiger partial charge in [0, 0.05) is 18.7 Å². The Labute approximate surface area is 117 Å². The highest BCUT2D eigenvalue weighted by atomic mass is 16.2. The zero-order valence-corrected chi connectivity index (χ0v) is 11.1. The molecule has 20 heavy (non-hydrogen) atoms. The van der Waals surface area contributed by atoms with Crippen LogP contribution in [0, 0.1) is 0 Å². The molecule has 1 heterocycles. The predicted molar refractivity (Wildman–Crippen MR) is 76.2 cm³/mol. The Morgan fingerprint density at radius 3 is 2.40 bits per heavy atom. The standard InChI is InChI=1S/C17H15NO2/c19-12-14-5-3-4-13(8-14)9-17(20)18-10-15-6-1-2-7-16(15)11-18/h1-8,12H,9-11H2. The van der Waals surface area contributed by atoms with Crippen molar-refractivity contribution in [2.75, 3.05) is 0 Å². The Morgan fingerprint density at radius 2 is 1.75 bits per heavy atom. The number of hydrogen-bond donors (Lipinski definition) is 0. The summed E-state index contributed by atoms with van der Waals surface area (Å²) in [4.78, 5) is 24.9. The summed E-state index contributed by atoms with van der Waals surface area (Å²) in [5.74, 6) is 0.101. The van der Waals surface area contributed by atoms with E-state index in [1.807, 2.05) is 29.2 Å². The molecule has 1 aliphatic rings. The summed E-state index contributed by atoms with van der Waals surface area (Å²) < 4.78 is 0. The zero-order valence-electron chi connectivity index (χ0n) is 11.1. The minimum absolute atomic E-state index is 0.101. The normalized spacial score (nSPS) is 13.1. The Hall–Kier alpha value is -2.42. The van der Waals surface area contributed by atoms with E-state index in [2.05, 4.69) is 12.1 Å². The number of carbonyl (C=O) groups is 2. The second-order valence-electron chi connectivity index (χ2n) is 5.06. The van der Waals surface area contributed by atoms with Gasteiger partial charge >= 0.3 is 0 Å². The van der Waals surface area contributed by atoms with E-state index >= 15 is 0 Å². The molecule has 3 nitrogen and oxygen atoms in total. The van der Waals surface area contributed by atoms with Crippen molar-refractivity contribution < 1.29 is 9.59 Å². The van der Waals surface area contributed by atoms with Crippen LogP contribution in [0.1, 0.15) is 27.0 Å². The molecule has 100 valence electrons. The lowest BCUT2D eigenvalue weighted by Crippen LogP contribution is -2.26. The Kier molecular flexibility index (Phi) is 3.33. The predicted octanol–water partition coefficient (Wildman–Crippen LogP) is 2.58. The SMILES string of the molecule is O=Cc1cccc(CC(=O)N2Cc3ccccc3C2)c1. The maximum Gasteiger partial charge on any atom is 0.227 e. The average Bonchev–Trinajstić information content (AvgIpc) is 2.91. The molecule has 0 aromatic heterocycles. The van der Waals surface area contributed by atoms with Crippen LogP contribution in [0.15, 0.2) is 48.5 Å². The van der Waals surface area contributed by atoms with Crippen molar-refractivity contribution in [3.8, 4) is 0 Å². The first kappa shape index (κ1) is 12.6. The topological polar surface area (TPSA) is 37.4 Å². The maximum atomic E-state index is 12.3. The van der Waals surface area contributed by atoms with Crippen LogP contribution in [-0.2, 0) is 24.3 Å².